The van der Waals surface area contributed by atoms with Gasteiger partial charge in [0.25, 0.3) is 0 Å². The molecule has 0 amide bonds. The normalized spacial score (nSPS) is 11.5. The van der Waals surface area contributed by atoms with Crippen molar-refractivity contribution < 1.29 is 17.9 Å². The largest absolute Gasteiger partial charge is 0.462 e. The van der Waals surface area contributed by atoms with Crippen molar-refractivity contribution in [2.24, 2.45) is 0 Å². The quantitative estimate of drug-likeness (QED) is 0.701. The van der Waals surface area contributed by atoms with Crippen LogP contribution in [0.5, 0.6) is 0 Å². The second kappa shape index (κ2) is 6.70. The van der Waals surface area contributed by atoms with Crippen molar-refractivity contribution >= 4 is 15.8 Å². The number of carbonyl (C=O) groups excluding carboxylic acids is 1. The predicted molar refractivity (Wildman–Crippen MR) is 71.9 cm³/mol. The summed E-state index contributed by atoms with van der Waals surface area (Å²) in [5.74, 6) is -0.273. The summed E-state index contributed by atoms with van der Waals surface area (Å²) in [5, 5.41) is 4.08. The highest BCUT2D eigenvalue weighted by molar-refractivity contribution is 7.91. The number of rotatable bonds is 7. The highest BCUT2D eigenvalue weighted by Crippen LogP contribution is 2.11. The van der Waals surface area contributed by atoms with E-state index in [2.05, 4.69) is 5.10 Å². The van der Waals surface area contributed by atoms with Crippen molar-refractivity contribution in [2.45, 2.75) is 33.7 Å². The van der Waals surface area contributed by atoms with Gasteiger partial charge in [-0.1, -0.05) is 13.8 Å². The number of hydrogen-bond acceptors (Lipinski definition) is 5. The van der Waals surface area contributed by atoms with Gasteiger partial charge in [-0.3, -0.25) is 4.68 Å². The van der Waals surface area contributed by atoms with Gasteiger partial charge in [0.1, 0.15) is 5.56 Å². The maximum absolute atomic E-state index is 11.7. The number of aromatic nitrogens is 2. The van der Waals surface area contributed by atoms with E-state index in [9.17, 15) is 13.2 Å². The first-order chi connectivity index (χ1) is 8.95. The van der Waals surface area contributed by atoms with Crippen molar-refractivity contribution in [1.82, 2.24) is 9.78 Å². The van der Waals surface area contributed by atoms with Gasteiger partial charge in [-0.15, -0.1) is 0 Å². The van der Waals surface area contributed by atoms with E-state index in [-0.39, 0.29) is 18.1 Å². The molecule has 0 saturated heterocycles. The van der Waals surface area contributed by atoms with Gasteiger partial charge < -0.3 is 4.74 Å². The lowest BCUT2D eigenvalue weighted by molar-refractivity contribution is 0.0525. The fourth-order valence-corrected chi connectivity index (χ4v) is 2.47. The highest BCUT2D eigenvalue weighted by atomic mass is 32.2. The zero-order valence-electron chi connectivity index (χ0n) is 11.5. The number of hydrogen-bond donors (Lipinski definition) is 0. The van der Waals surface area contributed by atoms with Crippen molar-refractivity contribution in [3.63, 3.8) is 0 Å². The smallest absolute Gasteiger partial charge is 0.341 e. The van der Waals surface area contributed by atoms with E-state index in [0.717, 1.165) is 0 Å². The third kappa shape index (κ3) is 4.05. The average Bonchev–Trinajstić information content (AvgIpc) is 2.79. The molecule has 0 spiro atoms. The van der Waals surface area contributed by atoms with Gasteiger partial charge in [-0.2, -0.15) is 5.10 Å². The molecule has 0 unspecified atom stereocenters. The van der Waals surface area contributed by atoms with E-state index in [0.29, 0.717) is 24.3 Å². The van der Waals surface area contributed by atoms with E-state index in [1.54, 1.807) is 18.5 Å². The first kappa shape index (κ1) is 15.7. The lowest BCUT2D eigenvalue weighted by Gasteiger charge is -2.07. The number of carbonyl (C=O) groups is 1. The van der Waals surface area contributed by atoms with Crippen LogP contribution in [0.15, 0.2) is 6.20 Å². The number of ether oxygens (including phenoxy) is 1. The van der Waals surface area contributed by atoms with Crippen LogP contribution in [-0.2, 0) is 27.5 Å². The van der Waals surface area contributed by atoms with Crippen LogP contribution < -0.4 is 0 Å². The molecule has 0 N–H and O–H groups in total. The third-order valence-corrected chi connectivity index (χ3v) is 4.52. The van der Waals surface area contributed by atoms with E-state index < -0.39 is 15.8 Å². The van der Waals surface area contributed by atoms with Crippen molar-refractivity contribution in [1.29, 1.82) is 0 Å². The molecule has 0 aromatic carbocycles. The minimum atomic E-state index is -3.04. The molecule has 0 aliphatic rings. The topological polar surface area (TPSA) is 78.3 Å². The van der Waals surface area contributed by atoms with Gasteiger partial charge in [-0.05, 0) is 13.3 Å². The molecule has 6 nitrogen and oxygen atoms in total. The molecule has 0 bridgehead atoms. The van der Waals surface area contributed by atoms with Crippen LogP contribution in [0.4, 0.5) is 0 Å². The molecule has 108 valence electrons. The fourth-order valence-electron chi connectivity index (χ4n) is 1.73. The predicted octanol–water partition coefficient (Wildman–Crippen LogP) is 1.06. The minimum absolute atomic E-state index is 0.0282. The lowest BCUT2D eigenvalue weighted by atomic mass is 10.2. The number of esters is 1. The Hall–Kier alpha value is -1.37. The lowest BCUT2D eigenvalue weighted by Crippen LogP contribution is -2.17. The average molecular weight is 288 g/mol. The zero-order chi connectivity index (χ0) is 14.5. The molecule has 0 radical (unpaired) electrons. The van der Waals surface area contributed by atoms with Crippen molar-refractivity contribution in [3.8, 4) is 0 Å². The summed E-state index contributed by atoms with van der Waals surface area (Å²) in [6, 6.07) is 0. The fraction of sp³-hybridized carbons (Fsp3) is 0.667. The summed E-state index contributed by atoms with van der Waals surface area (Å²) >= 11 is 0. The maximum Gasteiger partial charge on any atom is 0.341 e. The van der Waals surface area contributed by atoms with E-state index in [4.69, 9.17) is 4.74 Å². The SMILES string of the molecule is CCOC(=O)c1cnn(CCS(=O)(=O)CC)c1CC. The molecule has 1 aromatic heterocycles. The van der Waals surface area contributed by atoms with Gasteiger partial charge in [-0.25, -0.2) is 13.2 Å². The first-order valence-corrected chi connectivity index (χ1v) is 8.19. The van der Waals surface area contributed by atoms with Crippen LogP contribution in [0.25, 0.3) is 0 Å². The Morgan fingerprint density at radius 1 is 1.37 bits per heavy atom. The minimum Gasteiger partial charge on any atom is -0.462 e. The first-order valence-electron chi connectivity index (χ1n) is 6.37. The molecule has 1 heterocycles. The maximum atomic E-state index is 11.7. The summed E-state index contributed by atoms with van der Waals surface area (Å²) in [5.41, 5.74) is 1.13. The van der Waals surface area contributed by atoms with Gasteiger partial charge >= 0.3 is 5.97 Å². The molecular weight excluding hydrogens is 268 g/mol. The van der Waals surface area contributed by atoms with Gasteiger partial charge in [0.05, 0.1) is 30.8 Å². The zero-order valence-corrected chi connectivity index (χ0v) is 12.4. The summed E-state index contributed by atoms with van der Waals surface area (Å²) in [6.07, 6.45) is 2.04. The highest BCUT2D eigenvalue weighted by Gasteiger charge is 2.18. The number of aryl methyl sites for hydroxylation is 1. The van der Waals surface area contributed by atoms with Crippen molar-refractivity contribution in [3.05, 3.63) is 17.5 Å². The molecule has 7 heteroatoms. The van der Waals surface area contributed by atoms with Crippen molar-refractivity contribution in [2.75, 3.05) is 18.1 Å². The summed E-state index contributed by atoms with van der Waals surface area (Å²) in [6.45, 7) is 5.81. The van der Waals surface area contributed by atoms with E-state index in [1.165, 1.54) is 6.20 Å². The summed E-state index contributed by atoms with van der Waals surface area (Å²) in [4.78, 5) is 11.7. The number of sulfone groups is 1. The molecule has 0 aliphatic heterocycles. The molecule has 0 atom stereocenters. The standard InChI is InChI=1S/C12H20N2O4S/c1-4-11-10(12(15)18-5-2)9-13-14(11)7-8-19(16,17)6-3/h9H,4-8H2,1-3H3. The summed E-state index contributed by atoms with van der Waals surface area (Å²) < 4.78 is 29.5. The van der Waals surface area contributed by atoms with Gasteiger partial charge in [0.15, 0.2) is 9.84 Å². The Balaban J connectivity index is 2.89. The molecule has 19 heavy (non-hydrogen) atoms. The van der Waals surface area contributed by atoms with Crippen LogP contribution in [0.2, 0.25) is 0 Å². The van der Waals surface area contributed by atoms with Crippen LogP contribution >= 0.6 is 0 Å². The second-order valence-corrected chi connectivity index (χ2v) is 6.51. The number of nitrogens with zero attached hydrogens (tertiary/aromatic N) is 2. The monoisotopic (exact) mass is 288 g/mol. The Bertz CT molecular complexity index is 534. The van der Waals surface area contributed by atoms with Crippen LogP contribution in [0, 0.1) is 0 Å². The Morgan fingerprint density at radius 3 is 2.58 bits per heavy atom. The Kier molecular flexibility index (Phi) is 5.53. The molecule has 1 aromatic rings. The van der Waals surface area contributed by atoms with E-state index >= 15 is 0 Å². The molecule has 0 saturated carbocycles. The molecule has 0 fully saturated rings. The van der Waals surface area contributed by atoms with E-state index in [1.807, 2.05) is 6.92 Å². The molecule has 0 aliphatic carbocycles. The van der Waals surface area contributed by atoms with Gasteiger partial charge in [0.2, 0.25) is 0 Å². The third-order valence-electron chi connectivity index (χ3n) is 2.83. The van der Waals surface area contributed by atoms with Crippen LogP contribution in [0.3, 0.4) is 0 Å². The Morgan fingerprint density at radius 2 is 2.05 bits per heavy atom. The Labute approximate surface area is 113 Å². The van der Waals surface area contributed by atoms with Crippen LogP contribution in [-0.4, -0.2) is 42.3 Å². The van der Waals surface area contributed by atoms with Crippen LogP contribution in [0.1, 0.15) is 36.8 Å². The summed E-state index contributed by atoms with van der Waals surface area (Å²) in [7, 11) is -3.04. The molecule has 1 rings (SSSR count). The van der Waals surface area contributed by atoms with Gasteiger partial charge in [0, 0.05) is 5.75 Å². The molecular formula is C12H20N2O4S. The second-order valence-electron chi connectivity index (χ2n) is 4.04.